The lowest BCUT2D eigenvalue weighted by Gasteiger charge is -2.13. The van der Waals surface area contributed by atoms with Gasteiger partial charge in [-0.2, -0.15) is 0 Å². The zero-order valence-corrected chi connectivity index (χ0v) is 14.9. The van der Waals surface area contributed by atoms with Gasteiger partial charge in [0.2, 0.25) is 0 Å². The van der Waals surface area contributed by atoms with Crippen molar-refractivity contribution in [2.75, 3.05) is 13.2 Å². The minimum absolute atomic E-state index is 0.536. The van der Waals surface area contributed by atoms with Crippen molar-refractivity contribution in [1.29, 1.82) is 0 Å². The summed E-state index contributed by atoms with van der Waals surface area (Å²) in [6.45, 7) is 12.2. The number of benzene rings is 2. The summed E-state index contributed by atoms with van der Waals surface area (Å²) in [5, 5.41) is 0. The fraction of sp³-hybridized carbons (Fsp3) is 0.429. The summed E-state index contributed by atoms with van der Waals surface area (Å²) >= 11 is 0. The van der Waals surface area contributed by atoms with Gasteiger partial charge in [-0.1, -0.05) is 45.9 Å². The first-order chi connectivity index (χ1) is 11.0. The van der Waals surface area contributed by atoms with Crippen LogP contribution in [-0.2, 0) is 0 Å². The van der Waals surface area contributed by atoms with Gasteiger partial charge in [-0.25, -0.2) is 0 Å². The average molecular weight is 312 g/mol. The third kappa shape index (κ3) is 5.31. The molecule has 2 aromatic rings. The molecular formula is C21H28O2. The molecule has 0 aliphatic carbocycles. The van der Waals surface area contributed by atoms with Crippen LogP contribution < -0.4 is 9.47 Å². The van der Waals surface area contributed by atoms with Gasteiger partial charge in [-0.15, -0.1) is 0 Å². The fourth-order valence-corrected chi connectivity index (χ4v) is 2.31. The van der Waals surface area contributed by atoms with E-state index in [0.717, 1.165) is 24.7 Å². The molecule has 0 N–H and O–H groups in total. The predicted molar refractivity (Wildman–Crippen MR) is 97.3 cm³/mol. The minimum Gasteiger partial charge on any atom is -0.493 e. The van der Waals surface area contributed by atoms with E-state index in [0.29, 0.717) is 11.8 Å². The average Bonchev–Trinajstić information content (AvgIpc) is 2.51. The Kier molecular flexibility index (Phi) is 6.09. The Morgan fingerprint density at radius 3 is 1.78 bits per heavy atom. The van der Waals surface area contributed by atoms with Gasteiger partial charge < -0.3 is 9.47 Å². The molecule has 0 saturated heterocycles. The summed E-state index contributed by atoms with van der Waals surface area (Å²) in [5.74, 6) is 2.94. The highest BCUT2D eigenvalue weighted by Crippen LogP contribution is 2.28. The SMILES string of the molecule is Cc1cc(OCC(C)C)ccc1-c1ccc(OCC(C)C)cc1. The third-order valence-electron chi connectivity index (χ3n) is 3.53. The van der Waals surface area contributed by atoms with Crippen molar-refractivity contribution in [3.63, 3.8) is 0 Å². The molecule has 23 heavy (non-hydrogen) atoms. The Morgan fingerprint density at radius 2 is 1.26 bits per heavy atom. The smallest absolute Gasteiger partial charge is 0.119 e. The zero-order valence-electron chi connectivity index (χ0n) is 14.9. The van der Waals surface area contributed by atoms with Gasteiger partial charge in [-0.3, -0.25) is 0 Å². The largest absolute Gasteiger partial charge is 0.493 e. The lowest BCUT2D eigenvalue weighted by Crippen LogP contribution is -2.04. The van der Waals surface area contributed by atoms with Crippen LogP contribution in [0.4, 0.5) is 0 Å². The topological polar surface area (TPSA) is 18.5 Å². The molecule has 0 atom stereocenters. The van der Waals surface area contributed by atoms with Crippen molar-refractivity contribution >= 4 is 0 Å². The second-order valence-corrected chi connectivity index (χ2v) is 6.91. The highest BCUT2D eigenvalue weighted by atomic mass is 16.5. The zero-order chi connectivity index (χ0) is 16.8. The molecule has 2 nitrogen and oxygen atoms in total. The first-order valence-electron chi connectivity index (χ1n) is 8.42. The maximum atomic E-state index is 5.79. The van der Waals surface area contributed by atoms with E-state index in [1.807, 2.05) is 18.2 Å². The van der Waals surface area contributed by atoms with Crippen LogP contribution in [0.2, 0.25) is 0 Å². The molecule has 124 valence electrons. The quantitative estimate of drug-likeness (QED) is 0.650. The lowest BCUT2D eigenvalue weighted by molar-refractivity contribution is 0.271. The van der Waals surface area contributed by atoms with E-state index in [9.17, 15) is 0 Å². The summed E-state index contributed by atoms with van der Waals surface area (Å²) in [6, 6.07) is 14.6. The molecule has 2 heteroatoms. The Morgan fingerprint density at radius 1 is 0.739 bits per heavy atom. The molecule has 2 rings (SSSR count). The first-order valence-corrected chi connectivity index (χ1v) is 8.42. The van der Waals surface area contributed by atoms with Crippen LogP contribution in [0.5, 0.6) is 11.5 Å². The molecule has 0 heterocycles. The van der Waals surface area contributed by atoms with Crippen molar-refractivity contribution in [3.8, 4) is 22.6 Å². The van der Waals surface area contributed by atoms with E-state index in [-0.39, 0.29) is 0 Å². The normalized spacial score (nSPS) is 11.1. The third-order valence-corrected chi connectivity index (χ3v) is 3.53. The highest BCUT2D eigenvalue weighted by Gasteiger charge is 2.05. The molecule has 0 fully saturated rings. The number of rotatable bonds is 7. The van der Waals surface area contributed by atoms with Crippen LogP contribution in [0.3, 0.4) is 0 Å². The fourth-order valence-electron chi connectivity index (χ4n) is 2.31. The van der Waals surface area contributed by atoms with Crippen molar-refractivity contribution < 1.29 is 9.47 Å². The van der Waals surface area contributed by atoms with Crippen molar-refractivity contribution in [3.05, 3.63) is 48.0 Å². The molecule has 2 aromatic carbocycles. The first kappa shape index (κ1) is 17.4. The van der Waals surface area contributed by atoms with Gasteiger partial charge in [0.25, 0.3) is 0 Å². The second-order valence-electron chi connectivity index (χ2n) is 6.91. The summed E-state index contributed by atoms with van der Waals surface area (Å²) in [4.78, 5) is 0. The Bertz CT molecular complexity index is 612. The molecule has 0 saturated carbocycles. The molecular weight excluding hydrogens is 284 g/mol. The van der Waals surface area contributed by atoms with Crippen LogP contribution in [0, 0.1) is 18.8 Å². The van der Waals surface area contributed by atoms with Gasteiger partial charge in [-0.05, 0) is 59.7 Å². The number of ether oxygens (including phenoxy) is 2. The maximum absolute atomic E-state index is 5.79. The van der Waals surface area contributed by atoms with E-state index in [1.165, 1.54) is 16.7 Å². The van der Waals surface area contributed by atoms with E-state index in [4.69, 9.17) is 9.47 Å². The molecule has 0 amide bonds. The van der Waals surface area contributed by atoms with Crippen LogP contribution in [0.15, 0.2) is 42.5 Å². The molecule has 0 spiro atoms. The van der Waals surface area contributed by atoms with E-state index >= 15 is 0 Å². The second kappa shape index (κ2) is 8.05. The van der Waals surface area contributed by atoms with Gasteiger partial charge >= 0.3 is 0 Å². The summed E-state index contributed by atoms with van der Waals surface area (Å²) in [6.07, 6.45) is 0. The molecule has 0 aromatic heterocycles. The summed E-state index contributed by atoms with van der Waals surface area (Å²) < 4.78 is 11.5. The van der Waals surface area contributed by atoms with Crippen LogP contribution in [0.1, 0.15) is 33.3 Å². The Balaban J connectivity index is 2.09. The van der Waals surface area contributed by atoms with Gasteiger partial charge in [0.15, 0.2) is 0 Å². The van der Waals surface area contributed by atoms with Gasteiger partial charge in [0.1, 0.15) is 11.5 Å². The molecule has 0 radical (unpaired) electrons. The lowest BCUT2D eigenvalue weighted by atomic mass is 10.0. The summed E-state index contributed by atoms with van der Waals surface area (Å²) in [5.41, 5.74) is 3.66. The predicted octanol–water partition coefficient (Wildman–Crippen LogP) is 5.73. The molecule has 0 aliphatic heterocycles. The Hall–Kier alpha value is -1.96. The van der Waals surface area contributed by atoms with Crippen LogP contribution >= 0.6 is 0 Å². The Labute approximate surface area is 140 Å². The number of hydrogen-bond acceptors (Lipinski definition) is 2. The van der Waals surface area contributed by atoms with Gasteiger partial charge in [0.05, 0.1) is 13.2 Å². The van der Waals surface area contributed by atoms with Crippen LogP contribution in [-0.4, -0.2) is 13.2 Å². The molecule has 0 aliphatic rings. The standard InChI is InChI=1S/C21H28O2/c1-15(2)13-22-19-8-6-18(7-9-19)21-11-10-20(12-17(21)5)23-14-16(3)4/h6-12,15-16H,13-14H2,1-5H3. The molecule has 0 bridgehead atoms. The molecule has 0 unspecified atom stereocenters. The monoisotopic (exact) mass is 312 g/mol. The van der Waals surface area contributed by atoms with E-state index in [1.54, 1.807) is 0 Å². The number of aryl methyl sites for hydroxylation is 1. The van der Waals surface area contributed by atoms with Crippen LogP contribution in [0.25, 0.3) is 11.1 Å². The maximum Gasteiger partial charge on any atom is 0.119 e. The highest BCUT2D eigenvalue weighted by molar-refractivity contribution is 5.68. The van der Waals surface area contributed by atoms with E-state index in [2.05, 4.69) is 58.9 Å². The number of hydrogen-bond donors (Lipinski definition) is 0. The van der Waals surface area contributed by atoms with E-state index < -0.39 is 0 Å². The van der Waals surface area contributed by atoms with Crippen molar-refractivity contribution in [2.45, 2.75) is 34.6 Å². The van der Waals surface area contributed by atoms with Crippen molar-refractivity contribution in [2.24, 2.45) is 11.8 Å². The minimum atomic E-state index is 0.536. The van der Waals surface area contributed by atoms with Gasteiger partial charge in [0, 0.05) is 0 Å². The summed E-state index contributed by atoms with van der Waals surface area (Å²) in [7, 11) is 0. The van der Waals surface area contributed by atoms with Crippen molar-refractivity contribution in [1.82, 2.24) is 0 Å².